The number of hydrogen-bond donors (Lipinski definition) is 2. The summed E-state index contributed by atoms with van der Waals surface area (Å²) in [5.41, 5.74) is 3.86. The Morgan fingerprint density at radius 2 is 2.00 bits per heavy atom. The van der Waals surface area contributed by atoms with Gasteiger partial charge in [0.2, 0.25) is 11.8 Å². The van der Waals surface area contributed by atoms with Gasteiger partial charge in [-0.3, -0.25) is 10.1 Å². The summed E-state index contributed by atoms with van der Waals surface area (Å²) >= 11 is 0. The standard InChI is InChI=1S/C19H21N7O2/c1-12-16(13(2)25(24-12)15-6-4-3-5-7-15)10-20-19-21-11-17(26(27)28)18(23-19)22-14-8-9-14/h3-7,11,14H,8-10H2,1-2H3,(H2,20,21,22,23). The summed E-state index contributed by atoms with van der Waals surface area (Å²) in [6.45, 7) is 4.45. The zero-order valence-electron chi connectivity index (χ0n) is 15.7. The van der Waals surface area contributed by atoms with E-state index in [-0.39, 0.29) is 17.5 Å². The van der Waals surface area contributed by atoms with Crippen molar-refractivity contribution in [2.75, 3.05) is 10.6 Å². The van der Waals surface area contributed by atoms with E-state index in [1.54, 1.807) is 0 Å². The van der Waals surface area contributed by atoms with Crippen LogP contribution in [-0.2, 0) is 6.54 Å². The van der Waals surface area contributed by atoms with E-state index in [2.05, 4.69) is 25.7 Å². The number of para-hydroxylation sites is 1. The van der Waals surface area contributed by atoms with Crippen molar-refractivity contribution >= 4 is 17.5 Å². The summed E-state index contributed by atoms with van der Waals surface area (Å²) in [5.74, 6) is 0.610. The monoisotopic (exact) mass is 379 g/mol. The average molecular weight is 379 g/mol. The minimum Gasteiger partial charge on any atom is -0.361 e. The highest BCUT2D eigenvalue weighted by atomic mass is 16.6. The summed E-state index contributed by atoms with van der Waals surface area (Å²) in [7, 11) is 0. The van der Waals surface area contributed by atoms with Gasteiger partial charge in [-0.25, -0.2) is 9.67 Å². The predicted octanol–water partition coefficient (Wildman–Crippen LogP) is 3.37. The fourth-order valence-electron chi connectivity index (χ4n) is 3.04. The summed E-state index contributed by atoms with van der Waals surface area (Å²) in [6, 6.07) is 10.2. The maximum Gasteiger partial charge on any atom is 0.329 e. The van der Waals surface area contributed by atoms with Crippen molar-refractivity contribution in [2.24, 2.45) is 0 Å². The number of rotatable bonds is 7. The third-order valence-corrected chi connectivity index (χ3v) is 4.75. The number of anilines is 2. The van der Waals surface area contributed by atoms with Gasteiger partial charge in [0.05, 0.1) is 16.3 Å². The fourth-order valence-corrected chi connectivity index (χ4v) is 3.04. The Morgan fingerprint density at radius 3 is 2.68 bits per heavy atom. The molecule has 0 amide bonds. The number of aromatic nitrogens is 4. The maximum atomic E-state index is 11.2. The van der Waals surface area contributed by atoms with E-state index < -0.39 is 4.92 Å². The first kappa shape index (κ1) is 17.9. The second kappa shape index (κ2) is 7.26. The van der Waals surface area contributed by atoms with Crippen molar-refractivity contribution in [2.45, 2.75) is 39.3 Å². The summed E-state index contributed by atoms with van der Waals surface area (Å²) in [5, 5.41) is 22.1. The van der Waals surface area contributed by atoms with Gasteiger partial charge in [-0.05, 0) is 38.8 Å². The quantitative estimate of drug-likeness (QED) is 0.478. The lowest BCUT2D eigenvalue weighted by Crippen LogP contribution is -2.11. The van der Waals surface area contributed by atoms with Gasteiger partial charge in [-0.1, -0.05) is 18.2 Å². The number of nitrogens with zero attached hydrogens (tertiary/aromatic N) is 5. The Labute approximate surface area is 162 Å². The SMILES string of the molecule is Cc1nn(-c2ccccc2)c(C)c1CNc1ncc([N+](=O)[O-])c(NC2CC2)n1. The van der Waals surface area contributed by atoms with E-state index in [0.717, 1.165) is 35.5 Å². The summed E-state index contributed by atoms with van der Waals surface area (Å²) in [6.07, 6.45) is 3.25. The van der Waals surface area contributed by atoms with Gasteiger partial charge in [-0.2, -0.15) is 10.1 Å². The van der Waals surface area contributed by atoms with Crippen LogP contribution in [0.2, 0.25) is 0 Å². The molecule has 9 heteroatoms. The van der Waals surface area contributed by atoms with Crippen LogP contribution in [0.15, 0.2) is 36.5 Å². The van der Waals surface area contributed by atoms with Gasteiger partial charge in [-0.15, -0.1) is 0 Å². The molecule has 1 aliphatic rings. The van der Waals surface area contributed by atoms with Crippen LogP contribution in [0.3, 0.4) is 0 Å². The molecule has 0 radical (unpaired) electrons. The van der Waals surface area contributed by atoms with Crippen LogP contribution in [0, 0.1) is 24.0 Å². The van der Waals surface area contributed by atoms with E-state index in [1.807, 2.05) is 48.9 Å². The Morgan fingerprint density at radius 1 is 1.25 bits per heavy atom. The summed E-state index contributed by atoms with van der Waals surface area (Å²) < 4.78 is 1.91. The number of aryl methyl sites for hydroxylation is 1. The molecule has 2 aromatic heterocycles. The van der Waals surface area contributed by atoms with E-state index in [1.165, 1.54) is 6.20 Å². The molecule has 144 valence electrons. The topological polar surface area (TPSA) is 111 Å². The molecule has 2 heterocycles. The molecule has 1 aromatic carbocycles. The molecule has 0 unspecified atom stereocenters. The first-order valence-corrected chi connectivity index (χ1v) is 9.15. The predicted molar refractivity (Wildman–Crippen MR) is 106 cm³/mol. The van der Waals surface area contributed by atoms with Crippen molar-refractivity contribution in [1.29, 1.82) is 0 Å². The van der Waals surface area contributed by atoms with Crippen molar-refractivity contribution in [3.8, 4) is 5.69 Å². The van der Waals surface area contributed by atoms with E-state index in [0.29, 0.717) is 12.5 Å². The van der Waals surface area contributed by atoms with Gasteiger partial charge in [0, 0.05) is 23.8 Å². The Bertz CT molecular complexity index is 1010. The van der Waals surface area contributed by atoms with Crippen LogP contribution >= 0.6 is 0 Å². The molecule has 0 atom stereocenters. The zero-order valence-corrected chi connectivity index (χ0v) is 15.7. The van der Waals surface area contributed by atoms with Gasteiger partial charge >= 0.3 is 5.69 Å². The average Bonchev–Trinajstić information content (AvgIpc) is 3.45. The fraction of sp³-hybridized carbons (Fsp3) is 0.316. The smallest absolute Gasteiger partial charge is 0.329 e. The Kier molecular flexibility index (Phi) is 4.64. The van der Waals surface area contributed by atoms with Crippen LogP contribution in [0.1, 0.15) is 29.8 Å². The lowest BCUT2D eigenvalue weighted by atomic mass is 10.2. The molecule has 3 aromatic rings. The lowest BCUT2D eigenvalue weighted by molar-refractivity contribution is -0.384. The normalized spacial score (nSPS) is 13.4. The largest absolute Gasteiger partial charge is 0.361 e. The van der Waals surface area contributed by atoms with Crippen LogP contribution in [-0.4, -0.2) is 30.7 Å². The number of benzene rings is 1. The minimum atomic E-state index is -0.466. The molecule has 0 aliphatic heterocycles. The van der Waals surface area contributed by atoms with Crippen molar-refractivity contribution in [3.05, 3.63) is 63.6 Å². The molecular formula is C19H21N7O2. The van der Waals surface area contributed by atoms with Crippen molar-refractivity contribution in [3.63, 3.8) is 0 Å². The molecule has 2 N–H and O–H groups in total. The zero-order chi connectivity index (χ0) is 19.7. The molecule has 4 rings (SSSR count). The van der Waals surface area contributed by atoms with Gasteiger partial charge < -0.3 is 10.6 Å². The molecule has 1 saturated carbocycles. The van der Waals surface area contributed by atoms with Gasteiger partial charge in [0.1, 0.15) is 6.20 Å². The highest BCUT2D eigenvalue weighted by Gasteiger charge is 2.26. The first-order chi connectivity index (χ1) is 13.5. The van der Waals surface area contributed by atoms with Crippen molar-refractivity contribution in [1.82, 2.24) is 19.7 Å². The molecule has 28 heavy (non-hydrogen) atoms. The van der Waals surface area contributed by atoms with Gasteiger partial charge in [0.25, 0.3) is 0 Å². The molecule has 0 saturated heterocycles. The first-order valence-electron chi connectivity index (χ1n) is 9.15. The van der Waals surface area contributed by atoms with E-state index in [9.17, 15) is 10.1 Å². The van der Waals surface area contributed by atoms with Gasteiger partial charge in [0.15, 0.2) is 0 Å². The van der Waals surface area contributed by atoms with E-state index >= 15 is 0 Å². The maximum absolute atomic E-state index is 11.2. The molecule has 1 fully saturated rings. The van der Waals surface area contributed by atoms with Crippen LogP contribution in [0.25, 0.3) is 5.69 Å². The van der Waals surface area contributed by atoms with Crippen LogP contribution in [0.5, 0.6) is 0 Å². The number of nitro groups is 1. The molecule has 0 spiro atoms. The minimum absolute atomic E-state index is 0.110. The number of hydrogen-bond acceptors (Lipinski definition) is 7. The van der Waals surface area contributed by atoms with Crippen LogP contribution in [0.4, 0.5) is 17.5 Å². The molecule has 9 nitrogen and oxygen atoms in total. The summed E-state index contributed by atoms with van der Waals surface area (Å²) in [4.78, 5) is 19.1. The molecule has 0 bridgehead atoms. The Balaban J connectivity index is 1.55. The van der Waals surface area contributed by atoms with Crippen LogP contribution < -0.4 is 10.6 Å². The lowest BCUT2D eigenvalue weighted by Gasteiger charge is -2.09. The molecular weight excluding hydrogens is 358 g/mol. The third kappa shape index (κ3) is 3.64. The van der Waals surface area contributed by atoms with E-state index in [4.69, 9.17) is 0 Å². The second-order valence-electron chi connectivity index (χ2n) is 6.85. The third-order valence-electron chi connectivity index (χ3n) is 4.75. The number of nitrogens with one attached hydrogen (secondary N) is 2. The second-order valence-corrected chi connectivity index (χ2v) is 6.85. The Hall–Kier alpha value is -3.49. The van der Waals surface area contributed by atoms with Crippen molar-refractivity contribution < 1.29 is 4.92 Å². The highest BCUT2D eigenvalue weighted by Crippen LogP contribution is 2.29. The molecule has 1 aliphatic carbocycles. The highest BCUT2D eigenvalue weighted by molar-refractivity contribution is 5.58.